The van der Waals surface area contributed by atoms with E-state index in [9.17, 15) is 14.0 Å². The Morgan fingerprint density at radius 1 is 1.12 bits per heavy atom. The van der Waals surface area contributed by atoms with Crippen LogP contribution in [0.5, 0.6) is 0 Å². The second-order valence-electron chi connectivity index (χ2n) is 6.83. The fraction of sp³-hybridized carbons (Fsp3) is 0.333. The number of ketones is 1. The molecular weight excluding hydrogens is 331 g/mol. The van der Waals surface area contributed by atoms with Gasteiger partial charge in [-0.3, -0.25) is 14.5 Å². The fourth-order valence-electron chi connectivity index (χ4n) is 2.97. The molecule has 1 aliphatic rings. The summed E-state index contributed by atoms with van der Waals surface area (Å²) in [5, 5.41) is 2.91. The zero-order chi connectivity index (χ0) is 18.7. The number of halogens is 1. The molecule has 0 bridgehead atoms. The van der Waals surface area contributed by atoms with Crippen molar-refractivity contribution in [3.05, 3.63) is 65.5 Å². The first kappa shape index (κ1) is 18.3. The van der Waals surface area contributed by atoms with Crippen molar-refractivity contribution in [2.75, 3.05) is 5.32 Å². The molecule has 1 N–H and O–H groups in total. The van der Waals surface area contributed by atoms with E-state index in [2.05, 4.69) is 10.2 Å². The molecule has 0 saturated heterocycles. The molecule has 0 aliphatic heterocycles. The number of carbonyl (C=O) groups excluding carboxylic acids is 2. The lowest BCUT2D eigenvalue weighted by molar-refractivity contribution is -0.121. The molecule has 3 rings (SSSR count). The van der Waals surface area contributed by atoms with Gasteiger partial charge in [-0.25, -0.2) is 4.39 Å². The van der Waals surface area contributed by atoms with Crippen LogP contribution in [0, 0.1) is 5.82 Å². The molecule has 2 aromatic rings. The number of Topliss-reactive ketones (excluding diaryl/α,β-unsaturated/α-hetero) is 1. The van der Waals surface area contributed by atoms with Crippen LogP contribution in [0.25, 0.3) is 0 Å². The maximum atomic E-state index is 13.1. The molecule has 0 unspecified atom stereocenters. The van der Waals surface area contributed by atoms with Gasteiger partial charge in [0.25, 0.3) is 0 Å². The van der Waals surface area contributed by atoms with Crippen LogP contribution >= 0.6 is 0 Å². The highest BCUT2D eigenvalue weighted by atomic mass is 19.1. The second kappa shape index (κ2) is 7.79. The van der Waals surface area contributed by atoms with Gasteiger partial charge in [0.05, 0.1) is 6.04 Å². The van der Waals surface area contributed by atoms with Gasteiger partial charge >= 0.3 is 0 Å². The van der Waals surface area contributed by atoms with Gasteiger partial charge in [-0.2, -0.15) is 0 Å². The highest BCUT2D eigenvalue weighted by Crippen LogP contribution is 2.30. The number of carbonyl (C=O) groups is 2. The van der Waals surface area contributed by atoms with E-state index in [0.29, 0.717) is 23.8 Å². The molecule has 4 nitrogen and oxygen atoms in total. The van der Waals surface area contributed by atoms with E-state index in [1.54, 1.807) is 36.4 Å². The third-order valence-electron chi connectivity index (χ3n) is 4.73. The minimum Gasteiger partial charge on any atom is -0.325 e. The minimum absolute atomic E-state index is 0.00421. The summed E-state index contributed by atoms with van der Waals surface area (Å²) >= 11 is 0. The molecule has 5 heteroatoms. The third kappa shape index (κ3) is 4.55. The average Bonchev–Trinajstić information content (AvgIpc) is 3.46. The van der Waals surface area contributed by atoms with E-state index in [1.807, 2.05) is 6.92 Å². The van der Waals surface area contributed by atoms with Crippen LogP contribution in [0.15, 0.2) is 48.5 Å². The molecule has 1 fully saturated rings. The van der Waals surface area contributed by atoms with Crippen LogP contribution in [-0.2, 0) is 11.3 Å². The minimum atomic E-state index is -0.306. The van der Waals surface area contributed by atoms with Crippen molar-refractivity contribution >= 4 is 17.4 Å². The number of rotatable bonds is 7. The molecule has 136 valence electrons. The van der Waals surface area contributed by atoms with Crippen LogP contribution in [0.1, 0.15) is 42.6 Å². The summed E-state index contributed by atoms with van der Waals surface area (Å²) in [6, 6.07) is 13.4. The molecule has 0 aromatic heterocycles. The lowest BCUT2D eigenvalue weighted by Gasteiger charge is -2.28. The van der Waals surface area contributed by atoms with Gasteiger partial charge in [-0.05, 0) is 68.7 Å². The first-order chi connectivity index (χ1) is 12.4. The first-order valence-corrected chi connectivity index (χ1v) is 8.86. The summed E-state index contributed by atoms with van der Waals surface area (Å²) in [5.74, 6) is -0.350. The largest absolute Gasteiger partial charge is 0.325 e. The fourth-order valence-corrected chi connectivity index (χ4v) is 2.97. The number of amides is 1. The second-order valence-corrected chi connectivity index (χ2v) is 6.83. The van der Waals surface area contributed by atoms with Crippen molar-refractivity contribution < 1.29 is 14.0 Å². The molecule has 26 heavy (non-hydrogen) atoms. The van der Waals surface area contributed by atoms with Gasteiger partial charge in [0.2, 0.25) is 5.91 Å². The highest BCUT2D eigenvalue weighted by Gasteiger charge is 2.35. The molecule has 1 aliphatic carbocycles. The molecule has 1 saturated carbocycles. The quantitative estimate of drug-likeness (QED) is 0.764. The Labute approximate surface area is 153 Å². The van der Waals surface area contributed by atoms with Crippen molar-refractivity contribution in [3.8, 4) is 0 Å². The highest BCUT2D eigenvalue weighted by molar-refractivity contribution is 5.97. The summed E-state index contributed by atoms with van der Waals surface area (Å²) in [6.07, 6.45) is 2.15. The monoisotopic (exact) mass is 354 g/mol. The smallest absolute Gasteiger partial charge is 0.241 e. The maximum absolute atomic E-state index is 13.1. The van der Waals surface area contributed by atoms with E-state index < -0.39 is 0 Å². The van der Waals surface area contributed by atoms with Crippen molar-refractivity contribution in [3.63, 3.8) is 0 Å². The Bertz CT molecular complexity index is 783. The van der Waals surface area contributed by atoms with Crippen LogP contribution in [0.3, 0.4) is 0 Å². The summed E-state index contributed by atoms with van der Waals surface area (Å²) in [4.78, 5) is 26.2. The van der Waals surface area contributed by atoms with Crippen LogP contribution in [0.4, 0.5) is 10.1 Å². The van der Waals surface area contributed by atoms with E-state index in [1.165, 1.54) is 19.1 Å². The van der Waals surface area contributed by atoms with Crippen LogP contribution in [0.2, 0.25) is 0 Å². The molecule has 2 aromatic carbocycles. The molecule has 1 atom stereocenters. The normalized spacial score (nSPS) is 14.9. The maximum Gasteiger partial charge on any atom is 0.241 e. The van der Waals surface area contributed by atoms with Crippen molar-refractivity contribution in [2.45, 2.75) is 45.3 Å². The topological polar surface area (TPSA) is 49.4 Å². The lowest BCUT2D eigenvalue weighted by Crippen LogP contribution is -2.43. The lowest BCUT2D eigenvalue weighted by atomic mass is 10.1. The zero-order valence-electron chi connectivity index (χ0n) is 15.0. The van der Waals surface area contributed by atoms with Crippen molar-refractivity contribution in [2.24, 2.45) is 0 Å². The summed E-state index contributed by atoms with van der Waals surface area (Å²) < 4.78 is 13.1. The van der Waals surface area contributed by atoms with Gasteiger partial charge in [-0.15, -0.1) is 0 Å². The van der Waals surface area contributed by atoms with Crippen LogP contribution < -0.4 is 5.32 Å². The predicted molar refractivity (Wildman–Crippen MR) is 99.5 cm³/mol. The molecule has 0 heterocycles. The Balaban J connectivity index is 1.66. The molecule has 1 amide bonds. The molecule has 0 spiro atoms. The number of hydrogen-bond donors (Lipinski definition) is 1. The number of hydrogen-bond acceptors (Lipinski definition) is 3. The number of benzene rings is 2. The number of nitrogens with one attached hydrogen (secondary N) is 1. The van der Waals surface area contributed by atoms with Crippen LogP contribution in [-0.4, -0.2) is 28.7 Å². The summed E-state index contributed by atoms with van der Waals surface area (Å²) in [5.41, 5.74) is 2.28. The Hall–Kier alpha value is -2.53. The average molecular weight is 354 g/mol. The van der Waals surface area contributed by atoms with Gasteiger partial charge in [0, 0.05) is 23.8 Å². The summed E-state index contributed by atoms with van der Waals surface area (Å²) in [6.45, 7) is 4.02. The van der Waals surface area contributed by atoms with E-state index >= 15 is 0 Å². The third-order valence-corrected chi connectivity index (χ3v) is 4.73. The van der Waals surface area contributed by atoms with Crippen molar-refractivity contribution in [1.82, 2.24) is 4.90 Å². The summed E-state index contributed by atoms with van der Waals surface area (Å²) in [7, 11) is 0. The van der Waals surface area contributed by atoms with E-state index in [0.717, 1.165) is 18.4 Å². The van der Waals surface area contributed by atoms with E-state index in [-0.39, 0.29) is 23.5 Å². The number of nitrogens with zero attached hydrogens (tertiary/aromatic N) is 1. The first-order valence-electron chi connectivity index (χ1n) is 8.86. The van der Waals surface area contributed by atoms with Gasteiger partial charge in [0.1, 0.15) is 5.82 Å². The van der Waals surface area contributed by atoms with Crippen molar-refractivity contribution in [1.29, 1.82) is 0 Å². The Morgan fingerprint density at radius 3 is 2.27 bits per heavy atom. The van der Waals surface area contributed by atoms with Gasteiger partial charge in [0.15, 0.2) is 5.78 Å². The Morgan fingerprint density at radius 2 is 1.73 bits per heavy atom. The predicted octanol–water partition coefficient (Wildman–Crippen LogP) is 4.02. The SMILES string of the molecule is CC(=O)c1ccc(NC(=O)[C@H](C)N(Cc2ccc(F)cc2)C2CC2)cc1. The van der Waals surface area contributed by atoms with Gasteiger partial charge in [-0.1, -0.05) is 12.1 Å². The zero-order valence-corrected chi connectivity index (χ0v) is 15.0. The molecule has 0 radical (unpaired) electrons. The number of anilines is 1. The van der Waals surface area contributed by atoms with E-state index in [4.69, 9.17) is 0 Å². The Kier molecular flexibility index (Phi) is 5.47. The molecular formula is C21H23FN2O2. The standard InChI is InChI=1S/C21H23FN2O2/c1-14(21(26)23-19-9-5-17(6-10-19)15(2)25)24(20-11-12-20)13-16-3-7-18(22)8-4-16/h3-10,14,20H,11-13H2,1-2H3,(H,23,26)/t14-/m0/s1. The van der Waals surface area contributed by atoms with Gasteiger partial charge < -0.3 is 5.32 Å².